The molecular formula is C13H24O2. The standard InChI is InChI=1S/C13H24O2/c1-3-11(2)10-12(14)7-8-13-6-4-5-9-15-13/h12-14H,2-10H2,1H3. The fourth-order valence-electron chi connectivity index (χ4n) is 1.99. The molecule has 1 saturated heterocycles. The van der Waals surface area contributed by atoms with Crippen molar-refractivity contribution in [1.29, 1.82) is 0 Å². The highest BCUT2D eigenvalue weighted by Crippen LogP contribution is 2.19. The first-order chi connectivity index (χ1) is 7.22. The molecule has 2 nitrogen and oxygen atoms in total. The summed E-state index contributed by atoms with van der Waals surface area (Å²) in [6.45, 7) is 6.90. The zero-order valence-corrected chi connectivity index (χ0v) is 9.87. The largest absolute Gasteiger partial charge is 0.393 e. The molecule has 0 amide bonds. The van der Waals surface area contributed by atoms with Crippen LogP contribution in [-0.4, -0.2) is 23.9 Å². The van der Waals surface area contributed by atoms with E-state index in [1.807, 2.05) is 0 Å². The van der Waals surface area contributed by atoms with Crippen LogP contribution < -0.4 is 0 Å². The van der Waals surface area contributed by atoms with Crippen molar-refractivity contribution in [2.24, 2.45) is 0 Å². The molecule has 0 aromatic rings. The first-order valence-electron chi connectivity index (χ1n) is 6.18. The molecule has 1 heterocycles. The Hall–Kier alpha value is -0.340. The lowest BCUT2D eigenvalue weighted by Gasteiger charge is -2.23. The van der Waals surface area contributed by atoms with Crippen molar-refractivity contribution >= 4 is 0 Å². The summed E-state index contributed by atoms with van der Waals surface area (Å²) in [6.07, 6.45) is 7.39. The molecule has 2 heteroatoms. The van der Waals surface area contributed by atoms with E-state index >= 15 is 0 Å². The molecule has 0 bridgehead atoms. The Morgan fingerprint density at radius 1 is 1.53 bits per heavy atom. The van der Waals surface area contributed by atoms with Crippen molar-refractivity contribution in [3.63, 3.8) is 0 Å². The van der Waals surface area contributed by atoms with Crippen LogP contribution in [0.25, 0.3) is 0 Å². The van der Waals surface area contributed by atoms with Crippen LogP contribution in [0.3, 0.4) is 0 Å². The monoisotopic (exact) mass is 212 g/mol. The molecule has 0 saturated carbocycles. The van der Waals surface area contributed by atoms with Crippen molar-refractivity contribution in [1.82, 2.24) is 0 Å². The Morgan fingerprint density at radius 3 is 2.93 bits per heavy atom. The molecular weight excluding hydrogens is 188 g/mol. The zero-order chi connectivity index (χ0) is 11.1. The second kappa shape index (κ2) is 7.02. The van der Waals surface area contributed by atoms with Crippen molar-refractivity contribution in [3.8, 4) is 0 Å². The first-order valence-corrected chi connectivity index (χ1v) is 6.18. The zero-order valence-electron chi connectivity index (χ0n) is 9.87. The average molecular weight is 212 g/mol. The summed E-state index contributed by atoms with van der Waals surface area (Å²) in [4.78, 5) is 0. The number of hydrogen-bond donors (Lipinski definition) is 1. The normalized spacial score (nSPS) is 23.7. The lowest BCUT2D eigenvalue weighted by molar-refractivity contribution is 0.00231. The van der Waals surface area contributed by atoms with E-state index < -0.39 is 0 Å². The van der Waals surface area contributed by atoms with Gasteiger partial charge in [-0.15, -0.1) is 0 Å². The van der Waals surface area contributed by atoms with Gasteiger partial charge < -0.3 is 9.84 Å². The van der Waals surface area contributed by atoms with Crippen LogP contribution >= 0.6 is 0 Å². The molecule has 2 unspecified atom stereocenters. The minimum absolute atomic E-state index is 0.219. The van der Waals surface area contributed by atoms with Gasteiger partial charge in [0.05, 0.1) is 12.2 Å². The smallest absolute Gasteiger partial charge is 0.0578 e. The maximum absolute atomic E-state index is 9.76. The Morgan fingerprint density at radius 2 is 2.33 bits per heavy atom. The minimum Gasteiger partial charge on any atom is -0.393 e. The summed E-state index contributed by atoms with van der Waals surface area (Å²) in [5, 5.41) is 9.76. The summed E-state index contributed by atoms with van der Waals surface area (Å²) in [5.41, 5.74) is 1.15. The summed E-state index contributed by atoms with van der Waals surface area (Å²) in [5.74, 6) is 0. The van der Waals surface area contributed by atoms with Gasteiger partial charge in [0, 0.05) is 6.61 Å². The van der Waals surface area contributed by atoms with Gasteiger partial charge in [0.25, 0.3) is 0 Å². The van der Waals surface area contributed by atoms with E-state index in [0.717, 1.165) is 37.9 Å². The van der Waals surface area contributed by atoms with Gasteiger partial charge >= 0.3 is 0 Å². The predicted octanol–water partition coefficient (Wildman–Crippen LogP) is 3.05. The van der Waals surface area contributed by atoms with E-state index in [4.69, 9.17) is 4.74 Å². The maximum atomic E-state index is 9.76. The highest BCUT2D eigenvalue weighted by Gasteiger charge is 2.15. The molecule has 0 aliphatic carbocycles. The van der Waals surface area contributed by atoms with E-state index in [1.54, 1.807) is 0 Å². The van der Waals surface area contributed by atoms with E-state index in [-0.39, 0.29) is 6.10 Å². The Balaban J connectivity index is 2.09. The minimum atomic E-state index is -0.219. The molecule has 0 radical (unpaired) electrons. The highest BCUT2D eigenvalue weighted by molar-refractivity contribution is 4.94. The van der Waals surface area contributed by atoms with Gasteiger partial charge in [-0.25, -0.2) is 0 Å². The molecule has 0 spiro atoms. The van der Waals surface area contributed by atoms with Crippen LogP contribution in [0, 0.1) is 0 Å². The molecule has 1 rings (SSSR count). The average Bonchev–Trinajstić information content (AvgIpc) is 2.27. The topological polar surface area (TPSA) is 29.5 Å². The summed E-state index contributed by atoms with van der Waals surface area (Å²) < 4.78 is 5.63. The molecule has 1 N–H and O–H groups in total. The third kappa shape index (κ3) is 5.33. The maximum Gasteiger partial charge on any atom is 0.0578 e. The van der Waals surface area contributed by atoms with Crippen LogP contribution in [0.4, 0.5) is 0 Å². The Labute approximate surface area is 93.3 Å². The third-order valence-electron chi connectivity index (χ3n) is 3.12. The quantitative estimate of drug-likeness (QED) is 0.686. The molecule has 0 aromatic carbocycles. The number of rotatable bonds is 6. The van der Waals surface area contributed by atoms with Crippen LogP contribution in [0.2, 0.25) is 0 Å². The third-order valence-corrected chi connectivity index (χ3v) is 3.12. The number of aliphatic hydroxyl groups is 1. The Kier molecular flexibility index (Phi) is 5.96. The predicted molar refractivity (Wildman–Crippen MR) is 62.9 cm³/mol. The van der Waals surface area contributed by atoms with Crippen molar-refractivity contribution < 1.29 is 9.84 Å². The molecule has 2 atom stereocenters. The number of aliphatic hydroxyl groups excluding tert-OH is 1. The molecule has 15 heavy (non-hydrogen) atoms. The van der Waals surface area contributed by atoms with Gasteiger partial charge in [0.1, 0.15) is 0 Å². The molecule has 1 fully saturated rings. The van der Waals surface area contributed by atoms with Gasteiger partial charge in [0.15, 0.2) is 0 Å². The van der Waals surface area contributed by atoms with E-state index in [9.17, 15) is 5.11 Å². The fourth-order valence-corrected chi connectivity index (χ4v) is 1.99. The van der Waals surface area contributed by atoms with Crippen LogP contribution in [-0.2, 0) is 4.74 Å². The van der Waals surface area contributed by atoms with Crippen LogP contribution in [0.1, 0.15) is 51.9 Å². The molecule has 1 aliphatic rings. The second-order valence-corrected chi connectivity index (χ2v) is 4.53. The lowest BCUT2D eigenvalue weighted by Crippen LogP contribution is -2.21. The molecule has 1 aliphatic heterocycles. The summed E-state index contributed by atoms with van der Waals surface area (Å²) in [7, 11) is 0. The van der Waals surface area contributed by atoms with Gasteiger partial charge in [-0.2, -0.15) is 0 Å². The van der Waals surface area contributed by atoms with Gasteiger partial charge in [-0.05, 0) is 44.9 Å². The van der Waals surface area contributed by atoms with Gasteiger partial charge in [0.2, 0.25) is 0 Å². The summed E-state index contributed by atoms with van der Waals surface area (Å²) >= 11 is 0. The van der Waals surface area contributed by atoms with E-state index in [1.165, 1.54) is 19.3 Å². The Bertz CT molecular complexity index is 183. The van der Waals surface area contributed by atoms with Crippen molar-refractivity contribution in [2.45, 2.75) is 64.1 Å². The second-order valence-electron chi connectivity index (χ2n) is 4.53. The van der Waals surface area contributed by atoms with E-state index in [0.29, 0.717) is 6.10 Å². The van der Waals surface area contributed by atoms with E-state index in [2.05, 4.69) is 13.5 Å². The lowest BCUT2D eigenvalue weighted by atomic mass is 9.99. The SMILES string of the molecule is C=C(CC)CC(O)CCC1CCCCO1. The van der Waals surface area contributed by atoms with Gasteiger partial charge in [-0.3, -0.25) is 0 Å². The van der Waals surface area contributed by atoms with Gasteiger partial charge in [-0.1, -0.05) is 19.1 Å². The fraction of sp³-hybridized carbons (Fsp3) is 0.846. The van der Waals surface area contributed by atoms with Crippen molar-refractivity contribution in [2.75, 3.05) is 6.61 Å². The first kappa shape index (κ1) is 12.7. The van der Waals surface area contributed by atoms with Crippen LogP contribution in [0.15, 0.2) is 12.2 Å². The van der Waals surface area contributed by atoms with Crippen molar-refractivity contribution in [3.05, 3.63) is 12.2 Å². The highest BCUT2D eigenvalue weighted by atomic mass is 16.5. The molecule has 88 valence electrons. The number of ether oxygens (including phenoxy) is 1. The molecule has 0 aromatic heterocycles. The number of hydrogen-bond acceptors (Lipinski definition) is 2. The summed E-state index contributed by atoms with van der Waals surface area (Å²) in [6, 6.07) is 0. The van der Waals surface area contributed by atoms with Crippen LogP contribution in [0.5, 0.6) is 0 Å².